The van der Waals surface area contributed by atoms with E-state index in [1.807, 2.05) is 35.7 Å². The topological polar surface area (TPSA) is 74.6 Å². The number of aryl methyl sites for hydroxylation is 2. The number of amides is 1. The van der Waals surface area contributed by atoms with Crippen LogP contribution < -0.4 is 10.6 Å². The van der Waals surface area contributed by atoms with Gasteiger partial charge < -0.3 is 15.5 Å². The molecular weight excluding hydrogens is 352 g/mol. The second-order valence-electron chi connectivity index (χ2n) is 7.24. The first-order valence-electron chi connectivity index (χ1n) is 9.77. The van der Waals surface area contributed by atoms with Gasteiger partial charge in [0.1, 0.15) is 0 Å². The maximum Gasteiger partial charge on any atom is 0.222 e. The SMILES string of the molecule is CN=C(NCc1ccccc1CN1CCCC1=O)NCc1c(C)nn(C)c1C. The third-order valence-electron chi connectivity index (χ3n) is 5.41. The summed E-state index contributed by atoms with van der Waals surface area (Å²) in [4.78, 5) is 18.2. The zero-order valence-corrected chi connectivity index (χ0v) is 17.2. The van der Waals surface area contributed by atoms with Crippen molar-refractivity contribution in [3.8, 4) is 0 Å². The molecule has 0 unspecified atom stereocenters. The highest BCUT2D eigenvalue weighted by molar-refractivity contribution is 5.80. The Morgan fingerprint density at radius 3 is 2.50 bits per heavy atom. The van der Waals surface area contributed by atoms with Crippen molar-refractivity contribution in [2.75, 3.05) is 13.6 Å². The molecule has 7 nitrogen and oxygen atoms in total. The Kier molecular flexibility index (Phi) is 6.34. The molecular formula is C21H30N6O. The van der Waals surface area contributed by atoms with E-state index in [2.05, 4.69) is 39.8 Å². The van der Waals surface area contributed by atoms with Gasteiger partial charge in [-0.3, -0.25) is 14.5 Å². The van der Waals surface area contributed by atoms with E-state index in [9.17, 15) is 4.79 Å². The minimum absolute atomic E-state index is 0.252. The molecule has 1 aromatic heterocycles. The lowest BCUT2D eigenvalue weighted by Gasteiger charge is -2.19. The summed E-state index contributed by atoms with van der Waals surface area (Å²) >= 11 is 0. The number of hydrogen-bond donors (Lipinski definition) is 2. The minimum atomic E-state index is 0.252. The van der Waals surface area contributed by atoms with Crippen LogP contribution in [0.25, 0.3) is 0 Å². The molecule has 150 valence electrons. The molecule has 0 bridgehead atoms. The third kappa shape index (κ3) is 4.52. The number of nitrogens with one attached hydrogen (secondary N) is 2. The molecule has 1 fully saturated rings. The number of carbonyl (C=O) groups excluding carboxylic acids is 1. The van der Waals surface area contributed by atoms with Crippen LogP contribution in [0.5, 0.6) is 0 Å². The first-order chi connectivity index (χ1) is 13.5. The summed E-state index contributed by atoms with van der Waals surface area (Å²) in [6.45, 7) is 6.96. The summed E-state index contributed by atoms with van der Waals surface area (Å²) in [6, 6.07) is 8.26. The number of guanidine groups is 1. The van der Waals surface area contributed by atoms with Crippen molar-refractivity contribution >= 4 is 11.9 Å². The van der Waals surface area contributed by atoms with E-state index in [1.165, 1.54) is 16.7 Å². The van der Waals surface area contributed by atoms with Crippen LogP contribution in [-0.4, -0.2) is 40.1 Å². The zero-order valence-electron chi connectivity index (χ0n) is 17.2. The van der Waals surface area contributed by atoms with Gasteiger partial charge in [-0.2, -0.15) is 5.10 Å². The Balaban J connectivity index is 1.60. The number of aliphatic imine (C=N–C) groups is 1. The molecule has 2 N–H and O–H groups in total. The summed E-state index contributed by atoms with van der Waals surface area (Å²) in [7, 11) is 3.73. The van der Waals surface area contributed by atoms with Gasteiger partial charge in [0, 0.05) is 58.0 Å². The fourth-order valence-electron chi connectivity index (χ4n) is 3.61. The maximum absolute atomic E-state index is 12.0. The van der Waals surface area contributed by atoms with Crippen LogP contribution in [0.15, 0.2) is 29.3 Å². The number of rotatable bonds is 6. The third-order valence-corrected chi connectivity index (χ3v) is 5.41. The lowest BCUT2D eigenvalue weighted by Crippen LogP contribution is -2.37. The normalized spacial score (nSPS) is 14.6. The van der Waals surface area contributed by atoms with E-state index in [0.29, 0.717) is 26.1 Å². The largest absolute Gasteiger partial charge is 0.352 e. The molecule has 2 heterocycles. The van der Waals surface area contributed by atoms with Gasteiger partial charge in [-0.25, -0.2) is 0 Å². The van der Waals surface area contributed by atoms with Crippen molar-refractivity contribution in [1.82, 2.24) is 25.3 Å². The van der Waals surface area contributed by atoms with Gasteiger partial charge in [0.15, 0.2) is 5.96 Å². The predicted octanol–water partition coefficient (Wildman–Crippen LogP) is 2.02. The fourth-order valence-corrected chi connectivity index (χ4v) is 3.61. The lowest BCUT2D eigenvalue weighted by atomic mass is 10.1. The molecule has 2 aromatic rings. The Morgan fingerprint density at radius 2 is 1.89 bits per heavy atom. The van der Waals surface area contributed by atoms with Crippen molar-refractivity contribution in [3.63, 3.8) is 0 Å². The molecule has 0 aliphatic carbocycles. The highest BCUT2D eigenvalue weighted by Gasteiger charge is 2.20. The minimum Gasteiger partial charge on any atom is -0.352 e. The highest BCUT2D eigenvalue weighted by Crippen LogP contribution is 2.17. The van der Waals surface area contributed by atoms with Crippen molar-refractivity contribution < 1.29 is 4.79 Å². The van der Waals surface area contributed by atoms with E-state index >= 15 is 0 Å². The fraction of sp³-hybridized carbons (Fsp3) is 0.476. The first kappa shape index (κ1) is 19.9. The van der Waals surface area contributed by atoms with Crippen LogP contribution in [0.3, 0.4) is 0 Å². The van der Waals surface area contributed by atoms with E-state index < -0.39 is 0 Å². The average Bonchev–Trinajstić information content (AvgIpc) is 3.19. The van der Waals surface area contributed by atoms with Crippen LogP contribution in [0.4, 0.5) is 0 Å². The Hall–Kier alpha value is -2.83. The predicted molar refractivity (Wildman–Crippen MR) is 111 cm³/mol. The van der Waals surface area contributed by atoms with Crippen LogP contribution in [0.2, 0.25) is 0 Å². The molecule has 0 saturated carbocycles. The highest BCUT2D eigenvalue weighted by atomic mass is 16.2. The molecule has 1 aliphatic heterocycles. The average molecular weight is 383 g/mol. The van der Waals surface area contributed by atoms with Gasteiger partial charge in [-0.05, 0) is 31.4 Å². The van der Waals surface area contributed by atoms with Gasteiger partial charge in [-0.1, -0.05) is 24.3 Å². The Bertz CT molecular complexity index is 870. The first-order valence-corrected chi connectivity index (χ1v) is 9.77. The number of nitrogens with zero attached hydrogens (tertiary/aromatic N) is 4. The number of aromatic nitrogens is 2. The smallest absolute Gasteiger partial charge is 0.222 e. The van der Waals surface area contributed by atoms with Crippen molar-refractivity contribution in [2.45, 2.75) is 46.3 Å². The van der Waals surface area contributed by atoms with Crippen LogP contribution >= 0.6 is 0 Å². The second kappa shape index (κ2) is 8.91. The summed E-state index contributed by atoms with van der Waals surface area (Å²) in [5, 5.41) is 11.2. The second-order valence-corrected chi connectivity index (χ2v) is 7.24. The lowest BCUT2D eigenvalue weighted by molar-refractivity contribution is -0.128. The Labute approximate surface area is 166 Å². The molecule has 1 amide bonds. The Morgan fingerprint density at radius 1 is 1.18 bits per heavy atom. The summed E-state index contributed by atoms with van der Waals surface area (Å²) in [5.74, 6) is 0.997. The quantitative estimate of drug-likeness (QED) is 0.592. The maximum atomic E-state index is 12.0. The van der Waals surface area contributed by atoms with Crippen LogP contribution in [-0.2, 0) is 31.5 Å². The molecule has 1 aromatic carbocycles. The summed E-state index contributed by atoms with van der Waals surface area (Å²) in [6.07, 6.45) is 1.63. The van der Waals surface area contributed by atoms with E-state index in [4.69, 9.17) is 0 Å². The molecule has 0 spiro atoms. The number of benzene rings is 1. The molecule has 3 rings (SSSR count). The molecule has 0 atom stereocenters. The summed E-state index contributed by atoms with van der Waals surface area (Å²) < 4.78 is 1.90. The van der Waals surface area contributed by atoms with E-state index in [1.54, 1.807) is 7.05 Å². The summed E-state index contributed by atoms with van der Waals surface area (Å²) in [5.41, 5.74) is 5.74. The van der Waals surface area contributed by atoms with Gasteiger partial charge in [0.2, 0.25) is 5.91 Å². The van der Waals surface area contributed by atoms with E-state index in [-0.39, 0.29) is 5.91 Å². The zero-order chi connectivity index (χ0) is 20.1. The molecule has 0 radical (unpaired) electrons. The van der Waals surface area contributed by atoms with Crippen molar-refractivity contribution in [2.24, 2.45) is 12.0 Å². The van der Waals surface area contributed by atoms with Gasteiger partial charge >= 0.3 is 0 Å². The number of likely N-dealkylation sites (tertiary alicyclic amines) is 1. The van der Waals surface area contributed by atoms with Crippen molar-refractivity contribution in [3.05, 3.63) is 52.3 Å². The van der Waals surface area contributed by atoms with Gasteiger partial charge in [0.25, 0.3) is 0 Å². The van der Waals surface area contributed by atoms with Crippen molar-refractivity contribution in [1.29, 1.82) is 0 Å². The van der Waals surface area contributed by atoms with Crippen LogP contribution in [0, 0.1) is 13.8 Å². The molecule has 28 heavy (non-hydrogen) atoms. The number of carbonyl (C=O) groups is 1. The molecule has 1 saturated heterocycles. The van der Waals surface area contributed by atoms with E-state index in [0.717, 1.165) is 30.3 Å². The van der Waals surface area contributed by atoms with Crippen LogP contribution in [0.1, 0.15) is 40.9 Å². The standard InChI is InChI=1S/C21H30N6O/c1-15-19(16(2)26(4)25-15)13-24-21(22-3)23-12-17-8-5-6-9-18(17)14-27-11-7-10-20(27)28/h5-6,8-9H,7,10-14H2,1-4H3,(H2,22,23,24). The van der Waals surface area contributed by atoms with Gasteiger partial charge in [0.05, 0.1) is 5.69 Å². The molecule has 1 aliphatic rings. The molecule has 7 heteroatoms. The van der Waals surface area contributed by atoms with Gasteiger partial charge in [-0.15, -0.1) is 0 Å². The number of hydrogen-bond acceptors (Lipinski definition) is 3. The monoisotopic (exact) mass is 382 g/mol.